The van der Waals surface area contributed by atoms with Gasteiger partial charge in [-0.1, -0.05) is 60.5 Å². The van der Waals surface area contributed by atoms with Gasteiger partial charge in [-0.2, -0.15) is 0 Å². The topological polar surface area (TPSA) is 4.93 Å². The molecule has 23 heavy (non-hydrogen) atoms. The molecule has 1 heteroatoms. The molecule has 0 aliphatic rings. The third-order valence-electron chi connectivity index (χ3n) is 3.83. The van der Waals surface area contributed by atoms with Crippen molar-refractivity contribution < 1.29 is 0 Å². The van der Waals surface area contributed by atoms with Gasteiger partial charge in [0.15, 0.2) is 0 Å². The Morgan fingerprint density at radius 1 is 0.609 bits per heavy atom. The molecule has 0 spiro atoms. The lowest BCUT2D eigenvalue weighted by Crippen LogP contribution is -1.96. The SMILES string of the molecule is C(#Cc1cc2ccccc2n1-c1ccccc1)c1ccccc1. The Labute approximate surface area is 135 Å². The molecule has 1 nitrogen and oxygen atoms in total. The summed E-state index contributed by atoms with van der Waals surface area (Å²) in [5.41, 5.74) is 4.33. The van der Waals surface area contributed by atoms with E-state index in [1.807, 2.05) is 36.4 Å². The number of nitrogens with zero attached hydrogens (tertiary/aromatic N) is 1. The monoisotopic (exact) mass is 293 g/mol. The van der Waals surface area contributed by atoms with Crippen LogP contribution in [0.4, 0.5) is 0 Å². The summed E-state index contributed by atoms with van der Waals surface area (Å²) in [6.07, 6.45) is 0. The molecule has 0 bridgehead atoms. The summed E-state index contributed by atoms with van der Waals surface area (Å²) in [6, 6.07) is 31.0. The van der Waals surface area contributed by atoms with Crippen LogP contribution in [0, 0.1) is 11.8 Å². The molecule has 0 N–H and O–H groups in total. The fourth-order valence-corrected chi connectivity index (χ4v) is 2.76. The number of rotatable bonds is 1. The van der Waals surface area contributed by atoms with Gasteiger partial charge in [-0.3, -0.25) is 0 Å². The first-order chi connectivity index (χ1) is 11.4. The van der Waals surface area contributed by atoms with E-state index in [2.05, 4.69) is 71.0 Å². The van der Waals surface area contributed by atoms with E-state index in [0.29, 0.717) is 0 Å². The first-order valence-electron chi connectivity index (χ1n) is 7.65. The van der Waals surface area contributed by atoms with Crippen LogP contribution in [-0.2, 0) is 0 Å². The number of aromatic nitrogens is 1. The highest BCUT2D eigenvalue weighted by molar-refractivity contribution is 5.84. The van der Waals surface area contributed by atoms with E-state index in [1.54, 1.807) is 0 Å². The van der Waals surface area contributed by atoms with Crippen LogP contribution in [0.2, 0.25) is 0 Å². The third-order valence-corrected chi connectivity index (χ3v) is 3.83. The minimum Gasteiger partial charge on any atom is -0.303 e. The molecule has 0 saturated carbocycles. The van der Waals surface area contributed by atoms with Gasteiger partial charge in [0.05, 0.1) is 11.2 Å². The molecule has 108 valence electrons. The number of hydrogen-bond donors (Lipinski definition) is 0. The van der Waals surface area contributed by atoms with E-state index in [1.165, 1.54) is 10.9 Å². The third kappa shape index (κ3) is 2.63. The van der Waals surface area contributed by atoms with Crippen LogP contribution < -0.4 is 0 Å². The van der Waals surface area contributed by atoms with Gasteiger partial charge >= 0.3 is 0 Å². The molecule has 0 aliphatic heterocycles. The van der Waals surface area contributed by atoms with Crippen molar-refractivity contribution >= 4 is 10.9 Å². The Kier molecular flexibility index (Phi) is 3.42. The lowest BCUT2D eigenvalue weighted by atomic mass is 10.2. The lowest BCUT2D eigenvalue weighted by Gasteiger charge is -2.07. The molecule has 0 saturated heterocycles. The molecular formula is C22H15N. The Morgan fingerprint density at radius 3 is 2.04 bits per heavy atom. The largest absolute Gasteiger partial charge is 0.303 e. The summed E-state index contributed by atoms with van der Waals surface area (Å²) in [5, 5.41) is 1.20. The van der Waals surface area contributed by atoms with Gasteiger partial charge < -0.3 is 4.57 Å². The normalized spacial score (nSPS) is 10.3. The maximum absolute atomic E-state index is 3.33. The average Bonchev–Trinajstić information content (AvgIpc) is 3.00. The van der Waals surface area contributed by atoms with Crippen molar-refractivity contribution in [2.45, 2.75) is 0 Å². The van der Waals surface area contributed by atoms with Crippen molar-refractivity contribution in [2.24, 2.45) is 0 Å². The highest BCUT2D eigenvalue weighted by atomic mass is 15.0. The van der Waals surface area contributed by atoms with Crippen molar-refractivity contribution in [1.29, 1.82) is 0 Å². The van der Waals surface area contributed by atoms with E-state index in [4.69, 9.17) is 0 Å². The van der Waals surface area contributed by atoms with Crippen molar-refractivity contribution in [3.63, 3.8) is 0 Å². The van der Waals surface area contributed by atoms with Crippen LogP contribution in [0.3, 0.4) is 0 Å². The lowest BCUT2D eigenvalue weighted by molar-refractivity contribution is 1.10. The quantitative estimate of drug-likeness (QED) is 0.434. The summed E-state index contributed by atoms with van der Waals surface area (Å²) in [5.74, 6) is 6.59. The zero-order valence-corrected chi connectivity index (χ0v) is 12.6. The standard InChI is InChI=1S/C22H15N/c1-3-9-18(10-4-1)15-16-21-17-19-11-7-8-14-22(19)23(21)20-12-5-2-6-13-20/h1-14,17H. The van der Waals surface area contributed by atoms with Gasteiger partial charge in [0.2, 0.25) is 0 Å². The fourth-order valence-electron chi connectivity index (χ4n) is 2.76. The summed E-state index contributed by atoms with van der Waals surface area (Å²) in [7, 11) is 0. The van der Waals surface area contributed by atoms with Crippen LogP contribution >= 0.6 is 0 Å². The van der Waals surface area contributed by atoms with Gasteiger partial charge in [-0.25, -0.2) is 0 Å². The van der Waals surface area contributed by atoms with Crippen LogP contribution in [0.1, 0.15) is 11.3 Å². The second-order valence-corrected chi connectivity index (χ2v) is 5.38. The maximum atomic E-state index is 3.33. The predicted octanol–water partition coefficient (Wildman–Crippen LogP) is 5.03. The summed E-state index contributed by atoms with van der Waals surface area (Å²) in [6.45, 7) is 0. The van der Waals surface area contributed by atoms with Gasteiger partial charge in [0, 0.05) is 16.6 Å². The second kappa shape index (κ2) is 5.87. The number of benzene rings is 3. The van der Waals surface area contributed by atoms with E-state index in [-0.39, 0.29) is 0 Å². The Balaban J connectivity index is 1.92. The molecule has 0 amide bonds. The van der Waals surface area contributed by atoms with Crippen molar-refractivity contribution in [1.82, 2.24) is 4.57 Å². The first kappa shape index (κ1) is 13.4. The highest BCUT2D eigenvalue weighted by Crippen LogP contribution is 2.23. The Bertz CT molecular complexity index is 999. The van der Waals surface area contributed by atoms with Gasteiger partial charge in [-0.15, -0.1) is 0 Å². The van der Waals surface area contributed by atoms with E-state index in [9.17, 15) is 0 Å². The molecule has 0 fully saturated rings. The predicted molar refractivity (Wildman–Crippen MR) is 95.7 cm³/mol. The van der Waals surface area contributed by atoms with Gasteiger partial charge in [0.25, 0.3) is 0 Å². The molecule has 1 aromatic heterocycles. The summed E-state index contributed by atoms with van der Waals surface area (Å²) < 4.78 is 2.21. The van der Waals surface area contributed by atoms with Crippen LogP contribution in [-0.4, -0.2) is 4.57 Å². The molecule has 4 aromatic rings. The fraction of sp³-hybridized carbons (Fsp3) is 0. The van der Waals surface area contributed by atoms with Crippen LogP contribution in [0.25, 0.3) is 16.6 Å². The van der Waals surface area contributed by atoms with Crippen LogP contribution in [0.15, 0.2) is 91.0 Å². The number of para-hydroxylation sites is 2. The Hall–Kier alpha value is -3.24. The average molecular weight is 293 g/mol. The minimum atomic E-state index is 1.00. The van der Waals surface area contributed by atoms with Gasteiger partial charge in [-0.05, 0) is 42.3 Å². The van der Waals surface area contributed by atoms with E-state index in [0.717, 1.165) is 16.9 Å². The summed E-state index contributed by atoms with van der Waals surface area (Å²) >= 11 is 0. The molecule has 4 rings (SSSR count). The van der Waals surface area contributed by atoms with Crippen molar-refractivity contribution in [3.05, 3.63) is 102 Å². The number of fused-ring (bicyclic) bond motifs is 1. The molecule has 3 aromatic carbocycles. The minimum absolute atomic E-state index is 1.00. The Morgan fingerprint density at radius 2 is 1.26 bits per heavy atom. The van der Waals surface area contributed by atoms with E-state index < -0.39 is 0 Å². The highest BCUT2D eigenvalue weighted by Gasteiger charge is 2.08. The molecule has 0 radical (unpaired) electrons. The zero-order chi connectivity index (χ0) is 15.5. The molecular weight excluding hydrogens is 278 g/mol. The molecule has 0 aliphatic carbocycles. The molecule has 0 atom stereocenters. The van der Waals surface area contributed by atoms with Crippen molar-refractivity contribution in [2.75, 3.05) is 0 Å². The van der Waals surface area contributed by atoms with Gasteiger partial charge in [0.1, 0.15) is 0 Å². The zero-order valence-electron chi connectivity index (χ0n) is 12.6. The van der Waals surface area contributed by atoms with Crippen molar-refractivity contribution in [3.8, 4) is 17.5 Å². The summed E-state index contributed by atoms with van der Waals surface area (Å²) in [4.78, 5) is 0. The maximum Gasteiger partial charge on any atom is 0.0980 e. The molecule has 1 heterocycles. The first-order valence-corrected chi connectivity index (χ1v) is 7.65. The number of hydrogen-bond acceptors (Lipinski definition) is 0. The molecule has 0 unspecified atom stereocenters. The smallest absolute Gasteiger partial charge is 0.0980 e. The van der Waals surface area contributed by atoms with E-state index >= 15 is 0 Å². The second-order valence-electron chi connectivity index (χ2n) is 5.38. The van der Waals surface area contributed by atoms with Crippen LogP contribution in [0.5, 0.6) is 0 Å².